The van der Waals surface area contributed by atoms with Gasteiger partial charge < -0.3 is 15.0 Å². The first-order chi connectivity index (χ1) is 12.1. The zero-order valence-electron chi connectivity index (χ0n) is 14.0. The van der Waals surface area contributed by atoms with Gasteiger partial charge in [-0.05, 0) is 29.8 Å². The van der Waals surface area contributed by atoms with Gasteiger partial charge in [-0.1, -0.05) is 29.3 Å². The van der Waals surface area contributed by atoms with Crippen molar-refractivity contribution in [3.05, 3.63) is 58.3 Å². The number of carbonyl (C=O) groups excluding carboxylic acids is 1. The molecule has 2 heterocycles. The summed E-state index contributed by atoms with van der Waals surface area (Å²) in [5.74, 6) is 0.587. The van der Waals surface area contributed by atoms with Crippen LogP contribution in [0.1, 0.15) is 18.0 Å². The Morgan fingerprint density at radius 2 is 2.19 bits per heavy atom. The lowest BCUT2D eigenvalue weighted by atomic mass is 10.0. The smallest absolute Gasteiger partial charge is 0.226 e. The van der Waals surface area contributed by atoms with E-state index < -0.39 is 0 Å². The fourth-order valence-corrected chi connectivity index (χ4v) is 3.32. The van der Waals surface area contributed by atoms with E-state index in [1.165, 1.54) is 0 Å². The molecule has 26 heavy (non-hydrogen) atoms. The summed E-state index contributed by atoms with van der Waals surface area (Å²) >= 11 is 11.9. The monoisotopic (exact) mass is 415 g/mol. The number of hydrogen-bond acceptors (Lipinski definition) is 4. The van der Waals surface area contributed by atoms with E-state index in [2.05, 4.69) is 10.3 Å². The topological polar surface area (TPSA) is 54.5 Å². The molecule has 1 aliphatic heterocycles. The summed E-state index contributed by atoms with van der Waals surface area (Å²) in [6.07, 6.45) is 3.83. The molecule has 1 aliphatic rings. The molecular formula is C18H20Cl3N3O2. The second-order valence-corrected chi connectivity index (χ2v) is 6.61. The molecule has 2 aromatic rings. The molecule has 5 nitrogen and oxygen atoms in total. The zero-order valence-corrected chi connectivity index (χ0v) is 16.4. The molecule has 0 aliphatic carbocycles. The molecule has 0 saturated carbocycles. The Morgan fingerprint density at radius 3 is 2.92 bits per heavy atom. The second-order valence-electron chi connectivity index (χ2n) is 5.77. The molecule has 1 aromatic carbocycles. The predicted octanol–water partition coefficient (Wildman–Crippen LogP) is 3.75. The van der Waals surface area contributed by atoms with E-state index in [4.69, 9.17) is 27.9 Å². The highest BCUT2D eigenvalue weighted by Crippen LogP contribution is 2.28. The highest BCUT2D eigenvalue weighted by Gasteiger charge is 2.27. The highest BCUT2D eigenvalue weighted by atomic mass is 35.5. The van der Waals surface area contributed by atoms with Crippen molar-refractivity contribution in [2.24, 2.45) is 0 Å². The summed E-state index contributed by atoms with van der Waals surface area (Å²) in [5.41, 5.74) is 1.03. The number of nitrogens with zero attached hydrogens (tertiary/aromatic N) is 2. The lowest BCUT2D eigenvalue weighted by Crippen LogP contribution is -2.49. The van der Waals surface area contributed by atoms with Crippen LogP contribution in [-0.2, 0) is 4.79 Å². The van der Waals surface area contributed by atoms with Gasteiger partial charge in [-0.2, -0.15) is 0 Å². The first kappa shape index (κ1) is 20.8. The van der Waals surface area contributed by atoms with E-state index in [1.807, 2.05) is 23.2 Å². The number of carbonyl (C=O) groups is 1. The van der Waals surface area contributed by atoms with E-state index in [-0.39, 0.29) is 37.4 Å². The van der Waals surface area contributed by atoms with Gasteiger partial charge in [0, 0.05) is 37.1 Å². The Labute approximate surface area is 169 Å². The molecule has 1 N–H and O–H groups in total. The maximum absolute atomic E-state index is 12.7. The SMILES string of the molecule is Cl.O=C(CCOc1ccc(Cl)cc1Cl)N1CCNCC1c1cccnc1. The lowest BCUT2D eigenvalue weighted by molar-refractivity contribution is -0.135. The molecule has 0 spiro atoms. The van der Waals surface area contributed by atoms with Crippen molar-refractivity contribution in [3.63, 3.8) is 0 Å². The van der Waals surface area contributed by atoms with Gasteiger partial charge in [-0.15, -0.1) is 12.4 Å². The van der Waals surface area contributed by atoms with E-state index in [0.29, 0.717) is 22.3 Å². The van der Waals surface area contributed by atoms with E-state index in [0.717, 1.165) is 18.7 Å². The minimum Gasteiger partial charge on any atom is -0.491 e. The van der Waals surface area contributed by atoms with Crippen LogP contribution in [0.4, 0.5) is 0 Å². The van der Waals surface area contributed by atoms with Gasteiger partial charge in [0.15, 0.2) is 0 Å². The molecule has 1 fully saturated rings. The average molecular weight is 417 g/mol. The molecule has 0 radical (unpaired) electrons. The third-order valence-electron chi connectivity index (χ3n) is 4.10. The van der Waals surface area contributed by atoms with Gasteiger partial charge in [0.25, 0.3) is 0 Å². The number of amides is 1. The highest BCUT2D eigenvalue weighted by molar-refractivity contribution is 6.35. The molecule has 1 saturated heterocycles. The Balaban J connectivity index is 0.00000243. The zero-order chi connectivity index (χ0) is 17.6. The van der Waals surface area contributed by atoms with Crippen molar-refractivity contribution in [1.82, 2.24) is 15.2 Å². The Bertz CT molecular complexity index is 731. The summed E-state index contributed by atoms with van der Waals surface area (Å²) in [6, 6.07) is 8.91. The Kier molecular flexibility index (Phi) is 7.97. The number of ether oxygens (including phenoxy) is 1. The molecule has 1 unspecified atom stereocenters. The first-order valence-corrected chi connectivity index (χ1v) is 8.88. The van der Waals surface area contributed by atoms with Crippen LogP contribution in [0.5, 0.6) is 5.75 Å². The van der Waals surface area contributed by atoms with Crippen LogP contribution in [0.2, 0.25) is 10.0 Å². The fourth-order valence-electron chi connectivity index (χ4n) is 2.86. The maximum atomic E-state index is 12.7. The average Bonchev–Trinajstić information content (AvgIpc) is 2.64. The minimum atomic E-state index is -0.00549. The van der Waals surface area contributed by atoms with Crippen LogP contribution in [0.15, 0.2) is 42.7 Å². The Morgan fingerprint density at radius 1 is 1.35 bits per heavy atom. The number of rotatable bonds is 5. The van der Waals surface area contributed by atoms with Gasteiger partial charge >= 0.3 is 0 Å². The third-order valence-corrected chi connectivity index (χ3v) is 4.63. The third kappa shape index (κ3) is 5.24. The van der Waals surface area contributed by atoms with Gasteiger partial charge in [-0.3, -0.25) is 9.78 Å². The quantitative estimate of drug-likeness (QED) is 0.806. The van der Waals surface area contributed by atoms with Crippen molar-refractivity contribution in [2.75, 3.05) is 26.2 Å². The number of nitrogens with one attached hydrogen (secondary N) is 1. The van der Waals surface area contributed by atoms with Crippen molar-refractivity contribution in [3.8, 4) is 5.75 Å². The maximum Gasteiger partial charge on any atom is 0.226 e. The molecule has 1 amide bonds. The summed E-state index contributed by atoms with van der Waals surface area (Å²) < 4.78 is 5.63. The van der Waals surface area contributed by atoms with Gasteiger partial charge in [-0.25, -0.2) is 0 Å². The van der Waals surface area contributed by atoms with Gasteiger partial charge in [0.05, 0.1) is 24.1 Å². The van der Waals surface area contributed by atoms with E-state index in [1.54, 1.807) is 24.4 Å². The number of pyridine rings is 1. The molecule has 1 atom stereocenters. The summed E-state index contributed by atoms with van der Waals surface area (Å²) in [7, 11) is 0. The number of benzene rings is 1. The summed E-state index contributed by atoms with van der Waals surface area (Å²) in [6.45, 7) is 2.44. The standard InChI is InChI=1S/C18H19Cl2N3O2.ClH/c19-14-3-4-17(15(20)10-14)25-9-5-18(24)23-8-7-22-12-16(23)13-2-1-6-21-11-13;/h1-4,6,10-11,16,22H,5,7-9,12H2;1H. The number of piperazine rings is 1. The molecule has 1 aromatic heterocycles. The number of aromatic nitrogens is 1. The molecular weight excluding hydrogens is 397 g/mol. The minimum absolute atomic E-state index is 0. The summed E-state index contributed by atoms with van der Waals surface area (Å²) in [4.78, 5) is 18.7. The largest absolute Gasteiger partial charge is 0.491 e. The predicted molar refractivity (Wildman–Crippen MR) is 105 cm³/mol. The van der Waals surface area contributed by atoms with Crippen LogP contribution in [0, 0.1) is 0 Å². The van der Waals surface area contributed by atoms with E-state index >= 15 is 0 Å². The van der Waals surface area contributed by atoms with Crippen molar-refractivity contribution < 1.29 is 9.53 Å². The Hall–Kier alpha value is -1.53. The van der Waals surface area contributed by atoms with Crippen molar-refractivity contribution >= 4 is 41.5 Å². The van der Waals surface area contributed by atoms with Crippen LogP contribution >= 0.6 is 35.6 Å². The molecule has 0 bridgehead atoms. The van der Waals surface area contributed by atoms with Crippen LogP contribution < -0.4 is 10.1 Å². The molecule has 140 valence electrons. The van der Waals surface area contributed by atoms with Crippen molar-refractivity contribution in [2.45, 2.75) is 12.5 Å². The van der Waals surface area contributed by atoms with Crippen molar-refractivity contribution in [1.29, 1.82) is 0 Å². The lowest BCUT2D eigenvalue weighted by Gasteiger charge is -2.36. The first-order valence-electron chi connectivity index (χ1n) is 8.13. The summed E-state index contributed by atoms with van der Waals surface area (Å²) in [5, 5.41) is 4.32. The van der Waals surface area contributed by atoms with Gasteiger partial charge in [0.1, 0.15) is 5.75 Å². The normalized spacial score (nSPS) is 16.7. The second kappa shape index (κ2) is 9.97. The van der Waals surface area contributed by atoms with Crippen LogP contribution in [0.25, 0.3) is 0 Å². The van der Waals surface area contributed by atoms with Crippen LogP contribution in [-0.4, -0.2) is 42.0 Å². The van der Waals surface area contributed by atoms with Crippen LogP contribution in [0.3, 0.4) is 0 Å². The van der Waals surface area contributed by atoms with Gasteiger partial charge in [0.2, 0.25) is 5.91 Å². The molecule has 8 heteroatoms. The molecule has 3 rings (SSSR count). The number of halogens is 3. The fraction of sp³-hybridized carbons (Fsp3) is 0.333. The van der Waals surface area contributed by atoms with E-state index in [9.17, 15) is 4.79 Å². The number of hydrogen-bond donors (Lipinski definition) is 1.